The predicted molar refractivity (Wildman–Crippen MR) is 92.0 cm³/mol. The van der Waals surface area contributed by atoms with E-state index in [0.29, 0.717) is 23.9 Å². The number of rotatable bonds is 2. The van der Waals surface area contributed by atoms with Crippen molar-refractivity contribution in [3.8, 4) is 5.75 Å². The van der Waals surface area contributed by atoms with Crippen molar-refractivity contribution >= 4 is 33.3 Å². The van der Waals surface area contributed by atoms with Gasteiger partial charge in [0.25, 0.3) is 0 Å². The lowest BCUT2D eigenvalue weighted by molar-refractivity contribution is 0.262. The third-order valence-corrected chi connectivity index (χ3v) is 4.17. The molecule has 120 valence electrons. The SMILES string of the molecule is C[C@H]1CCCOc2c(NC(=O)Nc3cncnc3)cc(Br)cc21. The highest BCUT2D eigenvalue weighted by atomic mass is 79.9. The monoisotopic (exact) mass is 376 g/mol. The van der Waals surface area contributed by atoms with E-state index in [-0.39, 0.29) is 6.03 Å². The molecule has 0 bridgehead atoms. The molecular weight excluding hydrogens is 360 g/mol. The quantitative estimate of drug-likeness (QED) is 0.824. The van der Waals surface area contributed by atoms with E-state index in [4.69, 9.17) is 4.74 Å². The molecule has 3 rings (SSSR count). The average Bonchev–Trinajstić information content (AvgIpc) is 2.70. The minimum atomic E-state index is -0.361. The number of ether oxygens (including phenoxy) is 1. The number of nitrogens with one attached hydrogen (secondary N) is 2. The van der Waals surface area contributed by atoms with Gasteiger partial charge in [0.05, 0.1) is 30.4 Å². The van der Waals surface area contributed by atoms with Gasteiger partial charge in [-0.25, -0.2) is 14.8 Å². The summed E-state index contributed by atoms with van der Waals surface area (Å²) in [6.07, 6.45) is 6.54. The van der Waals surface area contributed by atoms with Crippen LogP contribution in [0.4, 0.5) is 16.2 Å². The molecule has 7 heteroatoms. The zero-order valence-electron chi connectivity index (χ0n) is 12.7. The smallest absolute Gasteiger partial charge is 0.323 e. The highest BCUT2D eigenvalue weighted by Crippen LogP contribution is 2.40. The van der Waals surface area contributed by atoms with Gasteiger partial charge in [0.1, 0.15) is 12.1 Å². The van der Waals surface area contributed by atoms with E-state index in [0.717, 1.165) is 28.6 Å². The Balaban J connectivity index is 1.83. The van der Waals surface area contributed by atoms with Crippen molar-refractivity contribution in [3.63, 3.8) is 0 Å². The Morgan fingerprint density at radius 3 is 2.87 bits per heavy atom. The zero-order valence-corrected chi connectivity index (χ0v) is 14.3. The summed E-state index contributed by atoms with van der Waals surface area (Å²) in [7, 11) is 0. The number of nitrogens with zero attached hydrogens (tertiary/aromatic N) is 2. The Kier molecular flexibility index (Phi) is 4.76. The molecular formula is C16H17BrN4O2. The molecule has 1 aliphatic rings. The van der Waals surface area contributed by atoms with Crippen LogP contribution in [0.3, 0.4) is 0 Å². The number of benzene rings is 1. The molecule has 1 aliphatic heterocycles. The molecule has 1 atom stereocenters. The van der Waals surface area contributed by atoms with Crippen LogP contribution in [-0.2, 0) is 0 Å². The highest BCUT2D eigenvalue weighted by Gasteiger charge is 2.21. The maximum Gasteiger partial charge on any atom is 0.323 e. The summed E-state index contributed by atoms with van der Waals surface area (Å²) in [6, 6.07) is 3.54. The number of hydrogen-bond acceptors (Lipinski definition) is 4. The normalized spacial score (nSPS) is 16.7. The van der Waals surface area contributed by atoms with Gasteiger partial charge in [-0.05, 0) is 30.9 Å². The molecule has 0 aliphatic carbocycles. The Labute approximate surface area is 142 Å². The van der Waals surface area contributed by atoms with E-state index < -0.39 is 0 Å². The lowest BCUT2D eigenvalue weighted by Gasteiger charge is -2.17. The molecule has 0 radical (unpaired) electrons. The van der Waals surface area contributed by atoms with Crippen LogP contribution in [0.25, 0.3) is 0 Å². The summed E-state index contributed by atoms with van der Waals surface area (Å²) < 4.78 is 6.78. The molecule has 0 saturated heterocycles. The van der Waals surface area contributed by atoms with Gasteiger partial charge in [-0.2, -0.15) is 0 Å². The Bertz CT molecular complexity index is 709. The maximum absolute atomic E-state index is 12.2. The van der Waals surface area contributed by atoms with Gasteiger partial charge in [0, 0.05) is 10.0 Å². The summed E-state index contributed by atoms with van der Waals surface area (Å²) in [5.41, 5.74) is 2.29. The summed E-state index contributed by atoms with van der Waals surface area (Å²) in [4.78, 5) is 19.9. The minimum Gasteiger partial charge on any atom is -0.491 e. The van der Waals surface area contributed by atoms with Gasteiger partial charge in [-0.1, -0.05) is 22.9 Å². The van der Waals surface area contributed by atoms with Crippen molar-refractivity contribution in [2.75, 3.05) is 17.2 Å². The molecule has 0 fully saturated rings. The Morgan fingerprint density at radius 2 is 2.09 bits per heavy atom. The van der Waals surface area contributed by atoms with Gasteiger partial charge in [-0.3, -0.25) is 0 Å². The van der Waals surface area contributed by atoms with Crippen LogP contribution >= 0.6 is 15.9 Å². The Morgan fingerprint density at radius 1 is 1.30 bits per heavy atom. The molecule has 0 unspecified atom stereocenters. The first kappa shape index (κ1) is 15.7. The number of halogens is 1. The van der Waals surface area contributed by atoms with Crippen molar-refractivity contribution in [1.82, 2.24) is 9.97 Å². The number of amides is 2. The van der Waals surface area contributed by atoms with E-state index >= 15 is 0 Å². The summed E-state index contributed by atoms with van der Waals surface area (Å²) in [5.74, 6) is 1.13. The summed E-state index contributed by atoms with van der Waals surface area (Å²) in [5, 5.41) is 5.54. The fraction of sp³-hybridized carbons (Fsp3) is 0.312. The average molecular weight is 377 g/mol. The predicted octanol–water partition coefficient (Wildman–Crippen LogP) is 4.16. The third-order valence-electron chi connectivity index (χ3n) is 3.71. The number of anilines is 2. The van der Waals surface area contributed by atoms with Crippen LogP contribution < -0.4 is 15.4 Å². The number of fused-ring (bicyclic) bond motifs is 1. The molecule has 2 aromatic rings. The first-order chi connectivity index (χ1) is 11.1. The van der Waals surface area contributed by atoms with Crippen molar-refractivity contribution in [3.05, 3.63) is 40.9 Å². The lowest BCUT2D eigenvalue weighted by Crippen LogP contribution is -2.20. The number of hydrogen-bond donors (Lipinski definition) is 2. The first-order valence-electron chi connectivity index (χ1n) is 7.43. The molecule has 23 heavy (non-hydrogen) atoms. The molecule has 1 aromatic carbocycles. The number of aromatic nitrogens is 2. The van der Waals surface area contributed by atoms with Gasteiger partial charge < -0.3 is 15.4 Å². The van der Waals surface area contributed by atoms with Crippen LogP contribution in [0.1, 0.15) is 31.2 Å². The topological polar surface area (TPSA) is 76.1 Å². The summed E-state index contributed by atoms with van der Waals surface area (Å²) >= 11 is 3.50. The number of urea groups is 1. The van der Waals surface area contributed by atoms with Gasteiger partial charge in [0.2, 0.25) is 0 Å². The van der Waals surface area contributed by atoms with Crippen LogP contribution in [0, 0.1) is 0 Å². The van der Waals surface area contributed by atoms with E-state index in [1.165, 1.54) is 18.7 Å². The number of carbonyl (C=O) groups is 1. The lowest BCUT2D eigenvalue weighted by atomic mass is 9.96. The standard InChI is InChI=1S/C16H17BrN4O2/c1-10-3-2-4-23-15-13(10)5-11(17)6-14(15)21-16(22)20-12-7-18-9-19-8-12/h5-10H,2-4H2,1H3,(H2,20,21,22)/t10-/m0/s1. The molecule has 0 saturated carbocycles. The Hall–Kier alpha value is -2.15. The van der Waals surface area contributed by atoms with E-state index in [1.807, 2.05) is 6.07 Å². The summed E-state index contributed by atoms with van der Waals surface area (Å²) in [6.45, 7) is 2.83. The second-order valence-electron chi connectivity index (χ2n) is 5.47. The van der Waals surface area contributed by atoms with E-state index in [9.17, 15) is 4.79 Å². The third kappa shape index (κ3) is 3.79. The van der Waals surface area contributed by atoms with Gasteiger partial charge in [-0.15, -0.1) is 0 Å². The second kappa shape index (κ2) is 6.95. The van der Waals surface area contributed by atoms with Crippen LogP contribution in [0.2, 0.25) is 0 Å². The van der Waals surface area contributed by atoms with Crippen molar-refractivity contribution in [2.45, 2.75) is 25.7 Å². The van der Waals surface area contributed by atoms with Crippen LogP contribution in [-0.4, -0.2) is 22.6 Å². The molecule has 1 aromatic heterocycles. The first-order valence-corrected chi connectivity index (χ1v) is 8.22. The molecule has 2 N–H and O–H groups in total. The van der Waals surface area contributed by atoms with Gasteiger partial charge in [0.15, 0.2) is 0 Å². The van der Waals surface area contributed by atoms with Crippen LogP contribution in [0.15, 0.2) is 35.3 Å². The molecule has 2 amide bonds. The fourth-order valence-electron chi connectivity index (χ4n) is 2.60. The van der Waals surface area contributed by atoms with Crippen LogP contribution in [0.5, 0.6) is 5.75 Å². The minimum absolute atomic E-state index is 0.361. The largest absolute Gasteiger partial charge is 0.491 e. The van der Waals surface area contributed by atoms with Crippen molar-refractivity contribution < 1.29 is 9.53 Å². The molecule has 2 heterocycles. The van der Waals surface area contributed by atoms with E-state index in [1.54, 1.807) is 0 Å². The highest BCUT2D eigenvalue weighted by molar-refractivity contribution is 9.10. The fourth-order valence-corrected chi connectivity index (χ4v) is 3.08. The maximum atomic E-state index is 12.2. The van der Waals surface area contributed by atoms with Crippen molar-refractivity contribution in [1.29, 1.82) is 0 Å². The number of carbonyl (C=O) groups excluding carboxylic acids is 1. The van der Waals surface area contributed by atoms with Crippen molar-refractivity contribution in [2.24, 2.45) is 0 Å². The zero-order chi connectivity index (χ0) is 16.2. The van der Waals surface area contributed by atoms with Gasteiger partial charge >= 0.3 is 6.03 Å². The van der Waals surface area contributed by atoms with E-state index in [2.05, 4.69) is 49.5 Å². The molecule has 0 spiro atoms. The molecule has 6 nitrogen and oxygen atoms in total. The second-order valence-corrected chi connectivity index (χ2v) is 6.39.